The van der Waals surface area contributed by atoms with Crippen molar-refractivity contribution in [3.63, 3.8) is 0 Å². The maximum atomic E-state index is 13.3. The molecular formula is C11H13F2NO3S. The van der Waals surface area contributed by atoms with E-state index in [1.165, 1.54) is 10.4 Å². The van der Waals surface area contributed by atoms with Crippen LogP contribution in [0.2, 0.25) is 0 Å². The van der Waals surface area contributed by atoms with Crippen LogP contribution in [0.4, 0.5) is 8.78 Å². The molecule has 0 radical (unpaired) electrons. The minimum atomic E-state index is -2.04. The van der Waals surface area contributed by atoms with Crippen molar-refractivity contribution < 1.29 is 22.3 Å². The molecule has 0 bridgehead atoms. The summed E-state index contributed by atoms with van der Waals surface area (Å²) in [6.07, 6.45) is 1.52. The Balaban J connectivity index is 1.97. The van der Waals surface area contributed by atoms with Gasteiger partial charge in [-0.05, 0) is 25.0 Å². The van der Waals surface area contributed by atoms with Crippen molar-refractivity contribution >= 4 is 11.3 Å². The van der Waals surface area contributed by atoms with Crippen molar-refractivity contribution in [3.05, 3.63) is 29.8 Å². The highest BCUT2D eigenvalue weighted by Crippen LogP contribution is 2.22. The second-order valence-electron chi connectivity index (χ2n) is 4.05. The third kappa shape index (κ3) is 3.04. The van der Waals surface area contributed by atoms with Crippen LogP contribution in [-0.4, -0.2) is 32.3 Å². The number of hydrogen-bond acceptors (Lipinski definition) is 2. The topological polar surface area (TPSA) is 49.8 Å². The van der Waals surface area contributed by atoms with E-state index in [1.807, 2.05) is 0 Å². The summed E-state index contributed by atoms with van der Waals surface area (Å²) in [6, 6.07) is 2.83. The van der Waals surface area contributed by atoms with Crippen molar-refractivity contribution in [3.8, 4) is 5.75 Å². The molecule has 1 aliphatic heterocycles. The normalized spacial score (nSPS) is 22.1. The molecule has 1 saturated heterocycles. The molecule has 2 rings (SSSR count). The first-order chi connectivity index (χ1) is 8.58. The van der Waals surface area contributed by atoms with E-state index in [-0.39, 0.29) is 18.4 Å². The van der Waals surface area contributed by atoms with Crippen LogP contribution in [0, 0.1) is 11.6 Å². The van der Waals surface area contributed by atoms with Gasteiger partial charge in [0.2, 0.25) is 11.3 Å². The predicted molar refractivity (Wildman–Crippen MR) is 62.4 cm³/mol. The lowest BCUT2D eigenvalue weighted by Gasteiger charge is -2.20. The molecule has 0 aliphatic carbocycles. The van der Waals surface area contributed by atoms with Crippen LogP contribution in [0.25, 0.3) is 0 Å². The van der Waals surface area contributed by atoms with Crippen molar-refractivity contribution in [1.29, 1.82) is 0 Å². The van der Waals surface area contributed by atoms with E-state index >= 15 is 0 Å². The number of rotatable bonds is 4. The zero-order valence-electron chi connectivity index (χ0n) is 9.51. The molecule has 1 aliphatic rings. The van der Waals surface area contributed by atoms with Gasteiger partial charge in [0.05, 0.1) is 6.04 Å². The molecule has 0 amide bonds. The SMILES string of the molecule is O=S(O)N1CCC[C@H]1COc1ccc(F)cc1F. The molecule has 7 heteroatoms. The van der Waals surface area contributed by atoms with Crippen molar-refractivity contribution in [2.24, 2.45) is 0 Å². The van der Waals surface area contributed by atoms with Crippen LogP contribution in [0.5, 0.6) is 5.75 Å². The average Bonchev–Trinajstić information content (AvgIpc) is 2.76. The molecule has 1 aromatic carbocycles. The fourth-order valence-corrected chi connectivity index (χ4v) is 2.67. The standard InChI is InChI=1S/C11H13F2NO3S/c12-8-3-4-11(10(13)6-8)17-7-9-2-1-5-14(9)18(15)16/h3-4,6,9H,1-2,5,7H2,(H,15,16)/t9-/m0/s1. The van der Waals surface area contributed by atoms with Gasteiger partial charge in [-0.1, -0.05) is 0 Å². The first-order valence-corrected chi connectivity index (χ1v) is 6.60. The van der Waals surface area contributed by atoms with Gasteiger partial charge in [-0.15, -0.1) is 0 Å². The first kappa shape index (κ1) is 13.4. The maximum Gasteiger partial charge on any atom is 0.234 e. The van der Waals surface area contributed by atoms with Crippen molar-refractivity contribution in [1.82, 2.24) is 4.31 Å². The molecule has 2 atom stereocenters. The minimum Gasteiger partial charge on any atom is -0.489 e. The summed E-state index contributed by atoms with van der Waals surface area (Å²) < 4.78 is 52.6. The summed E-state index contributed by atoms with van der Waals surface area (Å²) >= 11 is -2.04. The van der Waals surface area contributed by atoms with E-state index in [2.05, 4.69) is 0 Å². The largest absolute Gasteiger partial charge is 0.489 e. The number of hydrogen-bond donors (Lipinski definition) is 1. The Hall–Kier alpha value is -1.05. The predicted octanol–water partition coefficient (Wildman–Crippen LogP) is 1.94. The van der Waals surface area contributed by atoms with Crippen LogP contribution in [0.1, 0.15) is 12.8 Å². The molecule has 0 aromatic heterocycles. The summed E-state index contributed by atoms with van der Waals surface area (Å²) in [7, 11) is 0. The van der Waals surface area contributed by atoms with Gasteiger partial charge in [0.25, 0.3) is 0 Å². The van der Waals surface area contributed by atoms with Crippen LogP contribution in [-0.2, 0) is 11.3 Å². The van der Waals surface area contributed by atoms with Crippen molar-refractivity contribution in [2.75, 3.05) is 13.2 Å². The lowest BCUT2D eigenvalue weighted by Crippen LogP contribution is -2.35. The van der Waals surface area contributed by atoms with Crippen LogP contribution in [0.15, 0.2) is 18.2 Å². The second kappa shape index (κ2) is 5.73. The fraction of sp³-hybridized carbons (Fsp3) is 0.455. The third-order valence-corrected chi connectivity index (χ3v) is 3.73. The Bertz CT molecular complexity index is 458. The smallest absolute Gasteiger partial charge is 0.234 e. The highest BCUT2D eigenvalue weighted by Gasteiger charge is 2.29. The van der Waals surface area contributed by atoms with Gasteiger partial charge in [-0.25, -0.2) is 13.0 Å². The Morgan fingerprint density at radius 3 is 2.94 bits per heavy atom. The van der Waals surface area contributed by atoms with Crippen LogP contribution < -0.4 is 4.74 Å². The zero-order chi connectivity index (χ0) is 13.1. The molecule has 4 nitrogen and oxygen atoms in total. The van der Waals surface area contributed by atoms with E-state index < -0.39 is 22.9 Å². The number of nitrogens with zero attached hydrogens (tertiary/aromatic N) is 1. The first-order valence-electron chi connectivity index (χ1n) is 5.53. The van der Waals surface area contributed by atoms with Gasteiger partial charge in [0.15, 0.2) is 11.6 Å². The molecule has 1 heterocycles. The van der Waals surface area contributed by atoms with E-state index in [0.717, 1.165) is 25.0 Å². The number of benzene rings is 1. The molecule has 18 heavy (non-hydrogen) atoms. The van der Waals surface area contributed by atoms with Crippen LogP contribution in [0.3, 0.4) is 0 Å². The van der Waals surface area contributed by atoms with E-state index in [9.17, 15) is 13.0 Å². The van der Waals surface area contributed by atoms with Gasteiger partial charge in [-0.2, -0.15) is 4.31 Å². The van der Waals surface area contributed by atoms with Crippen LogP contribution >= 0.6 is 0 Å². The highest BCUT2D eigenvalue weighted by atomic mass is 32.2. The lowest BCUT2D eigenvalue weighted by molar-refractivity contribution is 0.223. The van der Waals surface area contributed by atoms with Gasteiger partial charge >= 0.3 is 0 Å². The van der Waals surface area contributed by atoms with Gasteiger partial charge in [0, 0.05) is 12.6 Å². The molecule has 1 aromatic rings. The Kier molecular flexibility index (Phi) is 4.26. The molecule has 0 saturated carbocycles. The number of ether oxygens (including phenoxy) is 1. The van der Waals surface area contributed by atoms with E-state index in [0.29, 0.717) is 6.54 Å². The van der Waals surface area contributed by atoms with E-state index in [1.54, 1.807) is 0 Å². The third-order valence-electron chi connectivity index (χ3n) is 2.85. The van der Waals surface area contributed by atoms with E-state index in [4.69, 9.17) is 9.29 Å². The minimum absolute atomic E-state index is 0.0491. The fourth-order valence-electron chi connectivity index (χ4n) is 1.96. The quantitative estimate of drug-likeness (QED) is 0.856. The van der Waals surface area contributed by atoms with Gasteiger partial charge in [0.1, 0.15) is 12.4 Å². The van der Waals surface area contributed by atoms with Crippen molar-refractivity contribution in [2.45, 2.75) is 18.9 Å². The Morgan fingerprint density at radius 1 is 1.50 bits per heavy atom. The molecular weight excluding hydrogens is 264 g/mol. The molecule has 1 fully saturated rings. The van der Waals surface area contributed by atoms with Gasteiger partial charge < -0.3 is 4.74 Å². The average molecular weight is 277 g/mol. The zero-order valence-corrected chi connectivity index (χ0v) is 10.3. The second-order valence-corrected chi connectivity index (χ2v) is 4.98. The molecule has 100 valence electrons. The summed E-state index contributed by atoms with van der Waals surface area (Å²) in [5.74, 6) is -1.49. The molecule has 1 unspecified atom stereocenters. The highest BCUT2D eigenvalue weighted by molar-refractivity contribution is 7.76. The number of halogens is 2. The molecule has 0 spiro atoms. The lowest BCUT2D eigenvalue weighted by atomic mass is 10.2. The Morgan fingerprint density at radius 2 is 2.28 bits per heavy atom. The summed E-state index contributed by atoms with van der Waals surface area (Å²) in [6.45, 7) is 0.623. The molecule has 1 N–H and O–H groups in total. The monoisotopic (exact) mass is 277 g/mol. The maximum absolute atomic E-state index is 13.3. The summed E-state index contributed by atoms with van der Waals surface area (Å²) in [5.41, 5.74) is 0. The summed E-state index contributed by atoms with van der Waals surface area (Å²) in [5, 5.41) is 0. The van der Waals surface area contributed by atoms with Gasteiger partial charge in [-0.3, -0.25) is 4.55 Å². The summed E-state index contributed by atoms with van der Waals surface area (Å²) in [4.78, 5) is 0. The Labute approximate surface area is 106 Å².